The lowest BCUT2D eigenvalue weighted by Crippen LogP contribution is -1.99. The second-order valence-corrected chi connectivity index (χ2v) is 4.73. The lowest BCUT2D eigenvalue weighted by molar-refractivity contribution is -0.386. The molecule has 1 aliphatic rings. The maximum Gasteiger partial charge on any atom is 0.348 e. The third-order valence-electron chi connectivity index (χ3n) is 3.41. The Kier molecular flexibility index (Phi) is 3.27. The van der Waals surface area contributed by atoms with E-state index in [0.717, 1.165) is 5.56 Å². The molecule has 0 spiro atoms. The van der Waals surface area contributed by atoms with Crippen molar-refractivity contribution in [2.75, 3.05) is 0 Å². The van der Waals surface area contributed by atoms with E-state index in [4.69, 9.17) is 10.00 Å². The normalized spacial score (nSPS) is 12.6. The first-order chi connectivity index (χ1) is 10.6. The van der Waals surface area contributed by atoms with E-state index in [9.17, 15) is 14.9 Å². The largest absolute Gasteiger partial charge is 0.434 e. The molecule has 3 rings (SSSR count). The minimum absolute atomic E-state index is 0.0807. The molecule has 0 fully saturated rings. The van der Waals surface area contributed by atoms with Crippen molar-refractivity contribution in [3.63, 3.8) is 0 Å². The molecule has 108 valence electrons. The van der Waals surface area contributed by atoms with Gasteiger partial charge in [0, 0.05) is 18.2 Å². The van der Waals surface area contributed by atoms with E-state index >= 15 is 0 Å². The van der Waals surface area contributed by atoms with Gasteiger partial charge in [0.25, 0.3) is 0 Å². The molecule has 0 saturated heterocycles. The Labute approximate surface area is 124 Å². The smallest absolute Gasteiger partial charge is 0.348 e. The Bertz CT molecular complexity index is 839. The Balaban J connectivity index is 1.99. The van der Waals surface area contributed by atoms with E-state index in [1.807, 2.05) is 0 Å². The molecule has 1 aromatic heterocycles. The summed E-state index contributed by atoms with van der Waals surface area (Å²) in [6.07, 6.45) is 2.36. The van der Waals surface area contributed by atoms with Crippen molar-refractivity contribution < 1.29 is 14.5 Å². The van der Waals surface area contributed by atoms with E-state index in [2.05, 4.69) is 4.98 Å². The van der Waals surface area contributed by atoms with Crippen LogP contribution >= 0.6 is 0 Å². The second kappa shape index (κ2) is 5.26. The Morgan fingerprint density at radius 1 is 1.32 bits per heavy atom. The van der Waals surface area contributed by atoms with Gasteiger partial charge < -0.3 is 4.74 Å². The highest BCUT2D eigenvalue weighted by molar-refractivity contribution is 6.00. The topological polar surface area (TPSA) is 106 Å². The SMILES string of the molecule is N#Cc1ccnc(Oc2ccc3c(c2)CCC3=O)c1[N+](=O)[O-]. The van der Waals surface area contributed by atoms with Crippen molar-refractivity contribution in [2.45, 2.75) is 12.8 Å². The van der Waals surface area contributed by atoms with Crippen LogP contribution in [-0.2, 0) is 6.42 Å². The average Bonchev–Trinajstić information content (AvgIpc) is 2.87. The maximum absolute atomic E-state index is 11.6. The van der Waals surface area contributed by atoms with Crippen LogP contribution in [0.15, 0.2) is 30.5 Å². The van der Waals surface area contributed by atoms with Crippen molar-refractivity contribution in [1.29, 1.82) is 5.26 Å². The van der Waals surface area contributed by atoms with E-state index in [-0.39, 0.29) is 17.2 Å². The predicted octanol–water partition coefficient (Wildman–Crippen LogP) is 2.78. The molecular formula is C15H9N3O4. The number of ketones is 1. The van der Waals surface area contributed by atoms with Gasteiger partial charge in [-0.1, -0.05) is 0 Å². The molecule has 0 amide bonds. The van der Waals surface area contributed by atoms with E-state index in [1.54, 1.807) is 24.3 Å². The molecule has 7 heteroatoms. The summed E-state index contributed by atoms with van der Waals surface area (Å²) in [6.45, 7) is 0. The number of Topliss-reactive ketones (excluding diaryl/α,β-unsaturated/α-hetero) is 1. The van der Waals surface area contributed by atoms with Crippen molar-refractivity contribution in [1.82, 2.24) is 4.98 Å². The summed E-state index contributed by atoms with van der Waals surface area (Å²) in [5, 5.41) is 20.1. The quantitative estimate of drug-likeness (QED) is 0.636. The summed E-state index contributed by atoms with van der Waals surface area (Å²) in [5.41, 5.74) is 0.912. The number of fused-ring (bicyclic) bond motifs is 1. The molecule has 1 aliphatic carbocycles. The molecule has 22 heavy (non-hydrogen) atoms. The lowest BCUT2D eigenvalue weighted by Gasteiger charge is -2.07. The van der Waals surface area contributed by atoms with Gasteiger partial charge in [0.1, 0.15) is 17.4 Å². The second-order valence-electron chi connectivity index (χ2n) is 4.73. The lowest BCUT2D eigenvalue weighted by atomic mass is 10.1. The fraction of sp³-hybridized carbons (Fsp3) is 0.133. The van der Waals surface area contributed by atoms with Gasteiger partial charge in [0.05, 0.1) is 4.92 Å². The molecule has 0 atom stereocenters. The molecule has 0 bridgehead atoms. The van der Waals surface area contributed by atoms with Gasteiger partial charge in [-0.25, -0.2) is 4.98 Å². The minimum Gasteiger partial charge on any atom is -0.434 e. The van der Waals surface area contributed by atoms with Crippen LogP contribution in [0.3, 0.4) is 0 Å². The summed E-state index contributed by atoms with van der Waals surface area (Å²) in [5.74, 6) is 0.185. The summed E-state index contributed by atoms with van der Waals surface area (Å²) >= 11 is 0. The average molecular weight is 295 g/mol. The number of carbonyl (C=O) groups excluding carboxylic acids is 1. The molecular weight excluding hydrogens is 286 g/mol. The number of hydrogen-bond acceptors (Lipinski definition) is 6. The Morgan fingerprint density at radius 3 is 2.86 bits per heavy atom. The first-order valence-corrected chi connectivity index (χ1v) is 6.47. The van der Waals surface area contributed by atoms with Crippen LogP contribution in [0.25, 0.3) is 0 Å². The van der Waals surface area contributed by atoms with Gasteiger partial charge in [-0.3, -0.25) is 14.9 Å². The van der Waals surface area contributed by atoms with Crippen LogP contribution in [0.5, 0.6) is 11.6 Å². The number of nitrogens with zero attached hydrogens (tertiary/aromatic N) is 3. The molecule has 0 radical (unpaired) electrons. The predicted molar refractivity (Wildman–Crippen MR) is 74.8 cm³/mol. The highest BCUT2D eigenvalue weighted by Gasteiger charge is 2.24. The van der Waals surface area contributed by atoms with Gasteiger partial charge in [-0.15, -0.1) is 0 Å². The Morgan fingerprint density at radius 2 is 2.14 bits per heavy atom. The van der Waals surface area contributed by atoms with Crippen LogP contribution in [0.1, 0.15) is 27.9 Å². The third-order valence-corrected chi connectivity index (χ3v) is 3.41. The summed E-state index contributed by atoms with van der Waals surface area (Å²) in [6, 6.07) is 7.87. The minimum atomic E-state index is -0.697. The number of aromatic nitrogens is 1. The standard InChI is InChI=1S/C15H9N3O4/c16-8-10-5-6-17-15(14(10)18(20)21)22-11-2-3-12-9(7-11)1-4-13(12)19/h2-3,5-7H,1,4H2. The van der Waals surface area contributed by atoms with Crippen LogP contribution in [-0.4, -0.2) is 15.7 Å². The number of nitriles is 1. The number of rotatable bonds is 3. The van der Waals surface area contributed by atoms with Gasteiger partial charge in [-0.05, 0) is 36.2 Å². The van der Waals surface area contributed by atoms with E-state index in [0.29, 0.717) is 24.2 Å². The molecule has 1 heterocycles. The molecule has 2 aromatic rings. The van der Waals surface area contributed by atoms with E-state index in [1.165, 1.54) is 12.3 Å². The van der Waals surface area contributed by atoms with Crippen molar-refractivity contribution >= 4 is 11.5 Å². The monoisotopic (exact) mass is 295 g/mol. The number of benzene rings is 1. The first-order valence-electron chi connectivity index (χ1n) is 6.47. The first kappa shape index (κ1) is 13.7. The molecule has 0 saturated carbocycles. The third kappa shape index (κ3) is 2.27. The Hall–Kier alpha value is -3.27. The number of carbonyl (C=O) groups is 1. The number of hydrogen-bond donors (Lipinski definition) is 0. The van der Waals surface area contributed by atoms with Crippen molar-refractivity contribution in [3.05, 3.63) is 57.3 Å². The summed E-state index contributed by atoms with van der Waals surface area (Å²) in [4.78, 5) is 25.8. The van der Waals surface area contributed by atoms with Gasteiger partial charge in [0.2, 0.25) is 0 Å². The van der Waals surface area contributed by atoms with Crippen LogP contribution in [0.4, 0.5) is 5.69 Å². The van der Waals surface area contributed by atoms with Crippen molar-refractivity contribution in [2.24, 2.45) is 0 Å². The maximum atomic E-state index is 11.6. The number of aryl methyl sites for hydroxylation is 1. The fourth-order valence-corrected chi connectivity index (χ4v) is 2.38. The van der Waals surface area contributed by atoms with Gasteiger partial charge >= 0.3 is 11.6 Å². The number of nitro groups is 1. The zero-order chi connectivity index (χ0) is 15.7. The molecule has 7 nitrogen and oxygen atoms in total. The highest BCUT2D eigenvalue weighted by Crippen LogP contribution is 2.33. The summed E-state index contributed by atoms with van der Waals surface area (Å²) < 4.78 is 5.46. The van der Waals surface area contributed by atoms with Crippen LogP contribution in [0.2, 0.25) is 0 Å². The van der Waals surface area contributed by atoms with Crippen molar-refractivity contribution in [3.8, 4) is 17.7 Å². The molecule has 0 aliphatic heterocycles. The summed E-state index contributed by atoms with van der Waals surface area (Å²) in [7, 11) is 0. The van der Waals surface area contributed by atoms with Crippen LogP contribution < -0.4 is 4.74 Å². The molecule has 0 N–H and O–H groups in total. The van der Waals surface area contributed by atoms with Crippen LogP contribution in [0, 0.1) is 21.4 Å². The zero-order valence-corrected chi connectivity index (χ0v) is 11.3. The number of ether oxygens (including phenoxy) is 1. The van der Waals surface area contributed by atoms with Gasteiger partial charge in [-0.2, -0.15) is 5.26 Å². The number of pyridine rings is 1. The molecule has 0 unspecified atom stereocenters. The highest BCUT2D eigenvalue weighted by atomic mass is 16.6. The fourth-order valence-electron chi connectivity index (χ4n) is 2.38. The van der Waals surface area contributed by atoms with E-state index < -0.39 is 10.6 Å². The van der Waals surface area contributed by atoms with Gasteiger partial charge in [0.15, 0.2) is 5.78 Å². The molecule has 1 aromatic carbocycles. The zero-order valence-electron chi connectivity index (χ0n) is 11.3.